The van der Waals surface area contributed by atoms with E-state index in [-0.39, 0.29) is 10.6 Å². The maximum Gasteiger partial charge on any atom is 0.265 e. The maximum atomic E-state index is 12.9. The van der Waals surface area contributed by atoms with Crippen molar-refractivity contribution < 1.29 is 17.9 Å². The SMILES string of the molecule is CCOc1ccc(Br)cc1S(=O)(=O)Nc1ccc(NC(=S)Nc2ccc(OC)cc2)cc1. The van der Waals surface area contributed by atoms with E-state index in [4.69, 9.17) is 21.7 Å². The largest absolute Gasteiger partial charge is 0.497 e. The summed E-state index contributed by atoms with van der Waals surface area (Å²) in [6, 6.07) is 19.0. The fourth-order valence-electron chi connectivity index (χ4n) is 2.77. The van der Waals surface area contributed by atoms with Crippen LogP contribution in [0.4, 0.5) is 17.1 Å². The Balaban J connectivity index is 1.66. The Morgan fingerprint density at radius 2 is 1.50 bits per heavy atom. The van der Waals surface area contributed by atoms with Gasteiger partial charge in [-0.05, 0) is 85.9 Å². The molecule has 0 spiro atoms. The fourth-order valence-corrected chi connectivity index (χ4v) is 4.74. The lowest BCUT2D eigenvalue weighted by atomic mass is 10.3. The lowest BCUT2D eigenvalue weighted by Crippen LogP contribution is -2.19. The predicted octanol–water partition coefficient (Wildman–Crippen LogP) is 5.47. The van der Waals surface area contributed by atoms with Gasteiger partial charge in [-0.2, -0.15) is 0 Å². The Morgan fingerprint density at radius 1 is 0.938 bits per heavy atom. The van der Waals surface area contributed by atoms with Gasteiger partial charge in [-0.25, -0.2) is 8.42 Å². The highest BCUT2D eigenvalue weighted by Gasteiger charge is 2.20. The molecule has 0 saturated heterocycles. The molecule has 7 nitrogen and oxygen atoms in total. The van der Waals surface area contributed by atoms with Gasteiger partial charge in [0.2, 0.25) is 0 Å². The van der Waals surface area contributed by atoms with Crippen LogP contribution in [0.1, 0.15) is 6.92 Å². The number of ether oxygens (including phenoxy) is 2. The molecule has 0 fully saturated rings. The third-order valence-corrected chi connectivity index (χ3v) is 6.34. The molecule has 0 bridgehead atoms. The molecule has 0 radical (unpaired) electrons. The van der Waals surface area contributed by atoms with Crippen LogP contribution in [-0.4, -0.2) is 27.2 Å². The van der Waals surface area contributed by atoms with Gasteiger partial charge in [0.05, 0.1) is 13.7 Å². The summed E-state index contributed by atoms with van der Waals surface area (Å²) in [5.74, 6) is 1.04. The number of sulfonamides is 1. The molecule has 0 unspecified atom stereocenters. The number of nitrogens with one attached hydrogen (secondary N) is 3. The number of rotatable bonds is 8. The molecular weight excluding hydrogens is 514 g/mol. The van der Waals surface area contributed by atoms with Crippen LogP contribution in [0.2, 0.25) is 0 Å². The van der Waals surface area contributed by atoms with Gasteiger partial charge in [0, 0.05) is 21.5 Å². The number of hydrogen-bond acceptors (Lipinski definition) is 5. The van der Waals surface area contributed by atoms with Crippen molar-refractivity contribution in [3.63, 3.8) is 0 Å². The van der Waals surface area contributed by atoms with E-state index in [9.17, 15) is 8.42 Å². The van der Waals surface area contributed by atoms with Gasteiger partial charge < -0.3 is 20.1 Å². The molecule has 0 aliphatic rings. The Morgan fingerprint density at radius 3 is 2.06 bits per heavy atom. The van der Waals surface area contributed by atoms with Gasteiger partial charge in [-0.15, -0.1) is 0 Å². The predicted molar refractivity (Wildman–Crippen MR) is 135 cm³/mol. The van der Waals surface area contributed by atoms with Crippen LogP contribution in [0, 0.1) is 0 Å². The van der Waals surface area contributed by atoms with E-state index in [1.54, 1.807) is 50.4 Å². The van der Waals surface area contributed by atoms with Crippen LogP contribution in [0.15, 0.2) is 76.1 Å². The second kappa shape index (κ2) is 10.7. The lowest BCUT2D eigenvalue weighted by Gasteiger charge is -2.14. The van der Waals surface area contributed by atoms with Gasteiger partial charge in [-0.3, -0.25) is 4.72 Å². The van der Waals surface area contributed by atoms with Crippen molar-refractivity contribution in [2.24, 2.45) is 0 Å². The summed E-state index contributed by atoms with van der Waals surface area (Å²) >= 11 is 8.64. The monoisotopic (exact) mass is 535 g/mol. The number of hydrogen-bond donors (Lipinski definition) is 3. The molecule has 3 aromatic rings. The zero-order valence-electron chi connectivity index (χ0n) is 17.4. The minimum absolute atomic E-state index is 0.0563. The highest BCUT2D eigenvalue weighted by atomic mass is 79.9. The van der Waals surface area contributed by atoms with Crippen LogP contribution in [-0.2, 0) is 10.0 Å². The smallest absolute Gasteiger partial charge is 0.265 e. The first-order valence-corrected chi connectivity index (χ1v) is 12.3. The first kappa shape index (κ1) is 23.8. The second-order valence-electron chi connectivity index (χ2n) is 6.51. The third-order valence-electron chi connectivity index (χ3n) is 4.24. The van der Waals surface area contributed by atoms with Crippen LogP contribution in [0.25, 0.3) is 0 Å². The summed E-state index contributed by atoms with van der Waals surface area (Å²) in [5, 5.41) is 6.54. The van der Waals surface area contributed by atoms with Crippen LogP contribution >= 0.6 is 28.1 Å². The molecular formula is C22H22BrN3O4S2. The summed E-state index contributed by atoms with van der Waals surface area (Å²) in [4.78, 5) is 0.0563. The van der Waals surface area contributed by atoms with E-state index in [0.717, 1.165) is 11.4 Å². The Labute approximate surface area is 201 Å². The molecule has 0 aromatic heterocycles. The zero-order valence-corrected chi connectivity index (χ0v) is 20.6. The summed E-state index contributed by atoms with van der Waals surface area (Å²) < 4.78 is 39.6. The first-order valence-electron chi connectivity index (χ1n) is 9.58. The van der Waals surface area contributed by atoms with E-state index < -0.39 is 10.0 Å². The number of halogens is 1. The standard InChI is InChI=1S/C22H22BrN3O4S2/c1-3-30-20-13-4-15(23)14-21(20)32(27,28)26-18-7-5-16(6-8-18)24-22(31)25-17-9-11-19(29-2)12-10-17/h4-14,26H,3H2,1-2H3,(H2,24,25,31). The number of thiocarbonyl (C=S) groups is 1. The van der Waals surface area contributed by atoms with Crippen molar-refractivity contribution in [2.45, 2.75) is 11.8 Å². The van der Waals surface area contributed by atoms with Crippen molar-refractivity contribution in [1.82, 2.24) is 0 Å². The minimum atomic E-state index is -3.84. The molecule has 3 N–H and O–H groups in total. The minimum Gasteiger partial charge on any atom is -0.497 e. The van der Waals surface area contributed by atoms with Crippen molar-refractivity contribution in [1.29, 1.82) is 0 Å². The average Bonchev–Trinajstić information content (AvgIpc) is 2.77. The molecule has 10 heteroatoms. The summed E-state index contributed by atoms with van der Waals surface area (Å²) in [7, 11) is -2.24. The molecule has 168 valence electrons. The zero-order chi connectivity index (χ0) is 23.1. The van der Waals surface area contributed by atoms with Gasteiger partial charge >= 0.3 is 0 Å². The van der Waals surface area contributed by atoms with Crippen LogP contribution in [0.3, 0.4) is 0 Å². The molecule has 0 saturated carbocycles. The van der Waals surface area contributed by atoms with E-state index >= 15 is 0 Å². The molecule has 0 aliphatic heterocycles. The van der Waals surface area contributed by atoms with E-state index in [1.807, 2.05) is 24.3 Å². The van der Waals surface area contributed by atoms with Crippen molar-refractivity contribution in [3.8, 4) is 11.5 Å². The highest BCUT2D eigenvalue weighted by molar-refractivity contribution is 9.10. The molecule has 3 rings (SSSR count). The number of benzene rings is 3. The van der Waals surface area contributed by atoms with E-state index in [2.05, 4.69) is 31.3 Å². The number of methoxy groups -OCH3 is 1. The fraction of sp³-hybridized carbons (Fsp3) is 0.136. The van der Waals surface area contributed by atoms with Crippen LogP contribution < -0.4 is 24.8 Å². The summed E-state index contributed by atoms with van der Waals surface area (Å²) in [6.07, 6.45) is 0. The molecule has 32 heavy (non-hydrogen) atoms. The van der Waals surface area contributed by atoms with Gasteiger partial charge in [0.25, 0.3) is 10.0 Å². The Bertz CT molecular complexity index is 1180. The van der Waals surface area contributed by atoms with Gasteiger partial charge in [-0.1, -0.05) is 15.9 Å². The normalized spacial score (nSPS) is 10.8. The topological polar surface area (TPSA) is 88.7 Å². The maximum absolute atomic E-state index is 12.9. The summed E-state index contributed by atoms with van der Waals surface area (Å²) in [5.41, 5.74) is 1.93. The Kier molecular flexibility index (Phi) is 7.94. The molecule has 0 aliphatic carbocycles. The van der Waals surface area contributed by atoms with Crippen molar-refractivity contribution in [2.75, 3.05) is 29.1 Å². The van der Waals surface area contributed by atoms with Crippen molar-refractivity contribution in [3.05, 3.63) is 71.2 Å². The molecule has 0 heterocycles. The quantitative estimate of drug-likeness (QED) is 0.329. The Hall–Kier alpha value is -2.82. The van der Waals surface area contributed by atoms with Gasteiger partial charge in [0.15, 0.2) is 5.11 Å². The van der Waals surface area contributed by atoms with E-state index in [1.165, 1.54) is 6.07 Å². The summed E-state index contributed by atoms with van der Waals surface area (Å²) in [6.45, 7) is 2.15. The second-order valence-corrected chi connectivity index (χ2v) is 9.49. The highest BCUT2D eigenvalue weighted by Crippen LogP contribution is 2.29. The molecule has 0 atom stereocenters. The van der Waals surface area contributed by atoms with Crippen LogP contribution in [0.5, 0.6) is 11.5 Å². The number of anilines is 3. The molecule has 0 amide bonds. The lowest BCUT2D eigenvalue weighted by molar-refractivity contribution is 0.331. The average molecular weight is 536 g/mol. The van der Waals surface area contributed by atoms with E-state index in [0.29, 0.717) is 27.6 Å². The third kappa shape index (κ3) is 6.35. The molecule has 3 aromatic carbocycles. The first-order chi connectivity index (χ1) is 15.3. The van der Waals surface area contributed by atoms with Crippen molar-refractivity contribution >= 4 is 60.3 Å². The van der Waals surface area contributed by atoms with Gasteiger partial charge in [0.1, 0.15) is 16.4 Å².